The molecule has 0 unspecified atom stereocenters. The van der Waals surface area contributed by atoms with Crippen LogP contribution in [0.2, 0.25) is 0 Å². The van der Waals surface area contributed by atoms with E-state index < -0.39 is 0 Å². The number of methoxy groups -OCH3 is 1. The van der Waals surface area contributed by atoms with E-state index in [-0.39, 0.29) is 5.82 Å². The molecule has 0 saturated carbocycles. The Bertz CT molecular complexity index is 510. The van der Waals surface area contributed by atoms with Crippen LogP contribution in [0.5, 0.6) is 5.75 Å². The number of halogens is 1. The Morgan fingerprint density at radius 2 is 2.24 bits per heavy atom. The first-order valence-electron chi connectivity index (χ1n) is 5.27. The summed E-state index contributed by atoms with van der Waals surface area (Å²) in [5.74, 6) is 0.275. The quantitative estimate of drug-likeness (QED) is 0.877. The number of hydrogen-bond donors (Lipinski definition) is 1. The molecule has 5 heteroatoms. The molecular weight excluding hydrogens is 221 g/mol. The highest BCUT2D eigenvalue weighted by atomic mass is 19.1. The van der Waals surface area contributed by atoms with Crippen molar-refractivity contribution in [1.29, 1.82) is 0 Å². The first-order chi connectivity index (χ1) is 8.24. The lowest BCUT2D eigenvalue weighted by Crippen LogP contribution is -2.07. The van der Waals surface area contributed by atoms with E-state index >= 15 is 0 Å². The summed E-state index contributed by atoms with van der Waals surface area (Å²) < 4.78 is 20.2. The van der Waals surface area contributed by atoms with Crippen molar-refractivity contribution in [3.05, 3.63) is 42.0 Å². The van der Waals surface area contributed by atoms with Gasteiger partial charge in [0.2, 0.25) is 0 Å². The van der Waals surface area contributed by atoms with Gasteiger partial charge in [0.1, 0.15) is 17.3 Å². The summed E-state index contributed by atoms with van der Waals surface area (Å²) in [6, 6.07) is 6.41. The second kappa shape index (κ2) is 4.97. The molecule has 0 spiro atoms. The zero-order valence-corrected chi connectivity index (χ0v) is 9.77. The van der Waals surface area contributed by atoms with E-state index in [1.807, 2.05) is 13.1 Å². The van der Waals surface area contributed by atoms with Crippen molar-refractivity contribution >= 4 is 0 Å². The lowest BCUT2D eigenvalue weighted by Gasteiger charge is -2.06. The molecule has 1 aromatic carbocycles. The molecule has 0 aliphatic heterocycles. The monoisotopic (exact) mass is 235 g/mol. The fourth-order valence-corrected chi connectivity index (χ4v) is 1.57. The smallest absolute Gasteiger partial charge is 0.149 e. The number of nitrogens with one attached hydrogen (secondary N) is 1. The van der Waals surface area contributed by atoms with Crippen LogP contribution in [0.1, 0.15) is 5.69 Å². The number of aromatic nitrogens is 2. The number of nitrogens with zero attached hydrogens (tertiary/aromatic N) is 2. The van der Waals surface area contributed by atoms with Gasteiger partial charge in [-0.15, -0.1) is 0 Å². The van der Waals surface area contributed by atoms with E-state index in [1.165, 1.54) is 10.7 Å². The highest BCUT2D eigenvalue weighted by molar-refractivity contribution is 5.40. The topological polar surface area (TPSA) is 39.1 Å². The first kappa shape index (κ1) is 11.6. The predicted molar refractivity (Wildman–Crippen MR) is 62.8 cm³/mol. The molecule has 90 valence electrons. The second-order valence-electron chi connectivity index (χ2n) is 3.60. The van der Waals surface area contributed by atoms with E-state index in [2.05, 4.69) is 10.4 Å². The zero-order chi connectivity index (χ0) is 12.3. The molecule has 0 amide bonds. The van der Waals surface area contributed by atoms with E-state index in [1.54, 1.807) is 25.4 Å². The van der Waals surface area contributed by atoms with Crippen molar-refractivity contribution in [1.82, 2.24) is 15.1 Å². The van der Waals surface area contributed by atoms with Crippen LogP contribution in [-0.2, 0) is 6.54 Å². The van der Waals surface area contributed by atoms with Crippen LogP contribution in [0.4, 0.5) is 4.39 Å². The van der Waals surface area contributed by atoms with Crippen LogP contribution in [-0.4, -0.2) is 23.9 Å². The Labute approximate surface area is 99.0 Å². The third kappa shape index (κ3) is 2.45. The fourth-order valence-electron chi connectivity index (χ4n) is 1.57. The van der Waals surface area contributed by atoms with E-state index in [0.717, 1.165) is 5.69 Å². The molecule has 0 aliphatic rings. The summed E-state index contributed by atoms with van der Waals surface area (Å²) in [4.78, 5) is 0. The van der Waals surface area contributed by atoms with Crippen LogP contribution in [0.25, 0.3) is 5.69 Å². The fraction of sp³-hybridized carbons (Fsp3) is 0.250. The zero-order valence-electron chi connectivity index (χ0n) is 9.77. The molecule has 0 radical (unpaired) electrons. The maximum atomic E-state index is 13.7. The molecule has 2 rings (SSSR count). The lowest BCUT2D eigenvalue weighted by molar-refractivity contribution is 0.413. The SMILES string of the molecule is CNCc1ccn(-c2cc(OC)ccc2F)n1. The lowest BCUT2D eigenvalue weighted by atomic mass is 10.3. The molecule has 0 aliphatic carbocycles. The standard InChI is InChI=1S/C12H14FN3O/c1-14-8-9-5-6-16(15-9)12-7-10(17-2)3-4-11(12)13/h3-7,14H,8H2,1-2H3. The Morgan fingerprint density at radius 1 is 1.41 bits per heavy atom. The van der Waals surface area contributed by atoms with Crippen LogP contribution in [0.3, 0.4) is 0 Å². The Hall–Kier alpha value is -1.88. The van der Waals surface area contributed by atoms with Crippen LogP contribution in [0.15, 0.2) is 30.5 Å². The predicted octanol–water partition coefficient (Wildman–Crippen LogP) is 1.74. The van der Waals surface area contributed by atoms with Crippen molar-refractivity contribution in [2.45, 2.75) is 6.54 Å². The normalized spacial score (nSPS) is 10.5. The van der Waals surface area contributed by atoms with Gasteiger partial charge in [-0.25, -0.2) is 9.07 Å². The molecule has 1 N–H and O–H groups in total. The highest BCUT2D eigenvalue weighted by Gasteiger charge is 2.07. The average molecular weight is 235 g/mol. The Kier molecular flexibility index (Phi) is 3.39. The van der Waals surface area contributed by atoms with Gasteiger partial charge in [0.25, 0.3) is 0 Å². The molecule has 1 aromatic heterocycles. The van der Waals surface area contributed by atoms with Gasteiger partial charge in [-0.2, -0.15) is 5.10 Å². The molecule has 1 heterocycles. The van der Waals surface area contributed by atoms with Crippen molar-refractivity contribution in [3.63, 3.8) is 0 Å². The summed E-state index contributed by atoms with van der Waals surface area (Å²) in [5.41, 5.74) is 1.24. The minimum Gasteiger partial charge on any atom is -0.497 e. The minimum atomic E-state index is -0.329. The average Bonchev–Trinajstić information content (AvgIpc) is 2.79. The summed E-state index contributed by atoms with van der Waals surface area (Å²) in [6.07, 6.45) is 1.73. The van der Waals surface area contributed by atoms with Crippen LogP contribution in [0, 0.1) is 5.82 Å². The third-order valence-electron chi connectivity index (χ3n) is 2.40. The summed E-state index contributed by atoms with van der Waals surface area (Å²) in [5, 5.41) is 7.26. The maximum absolute atomic E-state index is 13.7. The van der Waals surface area contributed by atoms with Gasteiger partial charge >= 0.3 is 0 Å². The van der Waals surface area contributed by atoms with Gasteiger partial charge in [0.05, 0.1) is 12.8 Å². The summed E-state index contributed by atoms with van der Waals surface area (Å²) in [6.45, 7) is 0.651. The molecule has 2 aromatic rings. The summed E-state index contributed by atoms with van der Waals surface area (Å²) in [7, 11) is 3.39. The third-order valence-corrected chi connectivity index (χ3v) is 2.40. The van der Waals surface area contributed by atoms with Crippen LogP contribution < -0.4 is 10.1 Å². The van der Waals surface area contributed by atoms with E-state index in [0.29, 0.717) is 18.0 Å². The number of hydrogen-bond acceptors (Lipinski definition) is 3. The molecular formula is C12H14FN3O. The second-order valence-corrected chi connectivity index (χ2v) is 3.60. The number of rotatable bonds is 4. The molecule has 0 fully saturated rings. The van der Waals surface area contributed by atoms with Gasteiger partial charge in [0.15, 0.2) is 0 Å². The van der Waals surface area contributed by atoms with Crippen molar-refractivity contribution < 1.29 is 9.13 Å². The van der Waals surface area contributed by atoms with E-state index in [4.69, 9.17) is 4.74 Å². The molecule has 0 bridgehead atoms. The molecule has 0 saturated heterocycles. The van der Waals surface area contributed by atoms with Crippen molar-refractivity contribution in [3.8, 4) is 11.4 Å². The maximum Gasteiger partial charge on any atom is 0.149 e. The first-order valence-corrected chi connectivity index (χ1v) is 5.27. The highest BCUT2D eigenvalue weighted by Crippen LogP contribution is 2.19. The van der Waals surface area contributed by atoms with Gasteiger partial charge in [-0.1, -0.05) is 0 Å². The van der Waals surface area contributed by atoms with Crippen molar-refractivity contribution in [2.24, 2.45) is 0 Å². The van der Waals surface area contributed by atoms with Crippen molar-refractivity contribution in [2.75, 3.05) is 14.2 Å². The number of ether oxygens (including phenoxy) is 1. The van der Waals surface area contributed by atoms with Gasteiger partial charge in [0, 0.05) is 18.8 Å². The molecule has 4 nitrogen and oxygen atoms in total. The number of benzene rings is 1. The van der Waals surface area contributed by atoms with E-state index in [9.17, 15) is 4.39 Å². The minimum absolute atomic E-state index is 0.329. The summed E-state index contributed by atoms with van der Waals surface area (Å²) >= 11 is 0. The van der Waals surface area contributed by atoms with Gasteiger partial charge < -0.3 is 10.1 Å². The largest absolute Gasteiger partial charge is 0.497 e. The molecule has 17 heavy (non-hydrogen) atoms. The molecule has 0 atom stereocenters. The van der Waals surface area contributed by atoms with Gasteiger partial charge in [-0.3, -0.25) is 0 Å². The van der Waals surface area contributed by atoms with Gasteiger partial charge in [-0.05, 0) is 25.2 Å². The van der Waals surface area contributed by atoms with Crippen LogP contribution >= 0.6 is 0 Å². The Balaban J connectivity index is 2.37. The Morgan fingerprint density at radius 3 is 2.94 bits per heavy atom.